The van der Waals surface area contributed by atoms with E-state index in [2.05, 4.69) is 15.0 Å². The van der Waals surface area contributed by atoms with Gasteiger partial charge in [-0.15, -0.1) is 0 Å². The zero-order chi connectivity index (χ0) is 15.4. The van der Waals surface area contributed by atoms with E-state index >= 15 is 0 Å². The van der Waals surface area contributed by atoms with Gasteiger partial charge in [-0.05, 0) is 18.8 Å². The van der Waals surface area contributed by atoms with Crippen molar-refractivity contribution in [2.24, 2.45) is 5.92 Å². The molecule has 0 bridgehead atoms. The molecule has 6 nitrogen and oxygen atoms in total. The topological polar surface area (TPSA) is 62.5 Å². The number of aryl methyl sites for hydroxylation is 1. The fourth-order valence-electron chi connectivity index (χ4n) is 3.44. The van der Waals surface area contributed by atoms with Crippen LogP contribution in [0.2, 0.25) is 0 Å². The number of piperazine rings is 1. The number of hydrogen-bond acceptors (Lipinski definition) is 5. The van der Waals surface area contributed by atoms with E-state index in [1.165, 1.54) is 25.7 Å². The van der Waals surface area contributed by atoms with Crippen molar-refractivity contribution in [1.82, 2.24) is 19.9 Å². The van der Waals surface area contributed by atoms with Crippen LogP contribution in [0.1, 0.15) is 50.7 Å². The van der Waals surface area contributed by atoms with Crippen LogP contribution in [-0.4, -0.2) is 52.0 Å². The summed E-state index contributed by atoms with van der Waals surface area (Å²) < 4.78 is 5.24. The highest BCUT2D eigenvalue weighted by Crippen LogP contribution is 2.28. The number of aromatic nitrogens is 2. The Balaban J connectivity index is 1.42. The third-order valence-corrected chi connectivity index (χ3v) is 4.85. The normalized spacial score (nSPS) is 20.7. The molecule has 2 heterocycles. The summed E-state index contributed by atoms with van der Waals surface area (Å²) in [5, 5.41) is 3.92. The molecule has 122 valence electrons. The number of carbonyl (C=O) groups is 1. The molecular weight excluding hydrogens is 280 g/mol. The first-order valence-electron chi connectivity index (χ1n) is 8.56. The summed E-state index contributed by atoms with van der Waals surface area (Å²) in [7, 11) is 0. The second-order valence-corrected chi connectivity index (χ2v) is 6.47. The standard InChI is InChI=1S/C16H26N4O2/c1-2-14-17-15(22-18-14)12-19-7-9-20(10-8-19)16(21)11-13-5-3-4-6-13/h13H,2-12H2,1H3. The van der Waals surface area contributed by atoms with Crippen molar-refractivity contribution in [1.29, 1.82) is 0 Å². The molecule has 1 saturated carbocycles. The Bertz CT molecular complexity index is 488. The molecule has 2 aliphatic rings. The van der Waals surface area contributed by atoms with Crippen LogP contribution in [0.5, 0.6) is 0 Å². The van der Waals surface area contributed by atoms with E-state index in [1.807, 2.05) is 11.8 Å². The molecule has 1 aliphatic heterocycles. The summed E-state index contributed by atoms with van der Waals surface area (Å²) in [6.45, 7) is 6.13. The summed E-state index contributed by atoms with van der Waals surface area (Å²) in [4.78, 5) is 21.0. The molecule has 1 aromatic heterocycles. The van der Waals surface area contributed by atoms with Crippen molar-refractivity contribution in [3.8, 4) is 0 Å². The zero-order valence-electron chi connectivity index (χ0n) is 13.5. The highest BCUT2D eigenvalue weighted by Gasteiger charge is 2.25. The van der Waals surface area contributed by atoms with Gasteiger partial charge < -0.3 is 9.42 Å². The quantitative estimate of drug-likeness (QED) is 0.831. The fraction of sp³-hybridized carbons (Fsp3) is 0.812. The van der Waals surface area contributed by atoms with Gasteiger partial charge in [0.15, 0.2) is 5.82 Å². The van der Waals surface area contributed by atoms with E-state index in [1.54, 1.807) is 0 Å². The predicted octanol–water partition coefficient (Wildman–Crippen LogP) is 1.86. The molecule has 0 radical (unpaired) electrons. The molecule has 0 N–H and O–H groups in total. The SMILES string of the molecule is CCc1noc(CN2CCN(C(=O)CC3CCCC3)CC2)n1. The maximum absolute atomic E-state index is 12.3. The Kier molecular flexibility index (Phi) is 5.08. The average molecular weight is 306 g/mol. The first kappa shape index (κ1) is 15.5. The van der Waals surface area contributed by atoms with E-state index < -0.39 is 0 Å². The molecule has 0 unspecified atom stereocenters. The second-order valence-electron chi connectivity index (χ2n) is 6.47. The first-order chi connectivity index (χ1) is 10.7. The minimum absolute atomic E-state index is 0.345. The molecule has 1 amide bonds. The van der Waals surface area contributed by atoms with Crippen LogP contribution in [0, 0.1) is 5.92 Å². The van der Waals surface area contributed by atoms with E-state index in [0.717, 1.165) is 44.8 Å². The molecule has 1 saturated heterocycles. The Labute approximate surface area is 131 Å². The Hall–Kier alpha value is -1.43. The summed E-state index contributed by atoms with van der Waals surface area (Å²) in [5.41, 5.74) is 0. The predicted molar refractivity (Wildman–Crippen MR) is 82.1 cm³/mol. The van der Waals surface area contributed by atoms with Crippen LogP contribution in [0.4, 0.5) is 0 Å². The molecule has 2 fully saturated rings. The Morgan fingerprint density at radius 2 is 1.95 bits per heavy atom. The molecule has 0 aromatic carbocycles. The van der Waals surface area contributed by atoms with E-state index in [0.29, 0.717) is 24.3 Å². The number of amides is 1. The summed E-state index contributed by atoms with van der Waals surface area (Å²) >= 11 is 0. The number of rotatable bonds is 5. The second kappa shape index (κ2) is 7.22. The first-order valence-corrected chi connectivity index (χ1v) is 8.56. The average Bonchev–Trinajstić information content (AvgIpc) is 3.19. The molecule has 22 heavy (non-hydrogen) atoms. The lowest BCUT2D eigenvalue weighted by Crippen LogP contribution is -2.48. The smallest absolute Gasteiger partial charge is 0.240 e. The fourth-order valence-corrected chi connectivity index (χ4v) is 3.44. The van der Waals surface area contributed by atoms with Crippen molar-refractivity contribution in [2.75, 3.05) is 26.2 Å². The number of carbonyl (C=O) groups excluding carboxylic acids is 1. The van der Waals surface area contributed by atoms with Crippen LogP contribution in [0.3, 0.4) is 0 Å². The molecule has 6 heteroatoms. The van der Waals surface area contributed by atoms with E-state index in [4.69, 9.17) is 4.52 Å². The monoisotopic (exact) mass is 306 g/mol. The zero-order valence-corrected chi connectivity index (χ0v) is 13.5. The van der Waals surface area contributed by atoms with Crippen molar-refractivity contribution in [3.05, 3.63) is 11.7 Å². The van der Waals surface area contributed by atoms with Crippen molar-refractivity contribution >= 4 is 5.91 Å². The van der Waals surface area contributed by atoms with Gasteiger partial charge in [0.1, 0.15) is 0 Å². The highest BCUT2D eigenvalue weighted by atomic mass is 16.5. The van der Waals surface area contributed by atoms with Gasteiger partial charge in [0.2, 0.25) is 11.8 Å². The lowest BCUT2D eigenvalue weighted by atomic mass is 10.0. The molecule has 3 rings (SSSR count). The van der Waals surface area contributed by atoms with Crippen LogP contribution in [0.25, 0.3) is 0 Å². The van der Waals surface area contributed by atoms with Gasteiger partial charge in [-0.1, -0.05) is 24.9 Å². The van der Waals surface area contributed by atoms with Crippen LogP contribution in [0.15, 0.2) is 4.52 Å². The Morgan fingerprint density at radius 3 is 2.59 bits per heavy atom. The molecule has 1 aromatic rings. The largest absolute Gasteiger partial charge is 0.340 e. The van der Waals surface area contributed by atoms with Gasteiger partial charge in [-0.3, -0.25) is 9.69 Å². The minimum atomic E-state index is 0.345. The minimum Gasteiger partial charge on any atom is -0.340 e. The summed E-state index contributed by atoms with van der Waals surface area (Å²) in [6, 6.07) is 0. The number of hydrogen-bond donors (Lipinski definition) is 0. The van der Waals surface area contributed by atoms with Crippen molar-refractivity contribution in [3.63, 3.8) is 0 Å². The Morgan fingerprint density at radius 1 is 1.23 bits per heavy atom. The summed E-state index contributed by atoms with van der Waals surface area (Å²) in [6.07, 6.45) is 6.63. The molecule has 0 spiro atoms. The lowest BCUT2D eigenvalue weighted by molar-refractivity contribution is -0.134. The highest BCUT2D eigenvalue weighted by molar-refractivity contribution is 5.76. The third kappa shape index (κ3) is 3.85. The third-order valence-electron chi connectivity index (χ3n) is 4.85. The number of nitrogens with zero attached hydrogens (tertiary/aromatic N) is 4. The maximum atomic E-state index is 12.3. The van der Waals surface area contributed by atoms with Gasteiger partial charge in [-0.2, -0.15) is 4.98 Å². The molecule has 1 aliphatic carbocycles. The van der Waals surface area contributed by atoms with Crippen LogP contribution >= 0.6 is 0 Å². The lowest BCUT2D eigenvalue weighted by Gasteiger charge is -2.34. The summed E-state index contributed by atoms with van der Waals surface area (Å²) in [5.74, 6) is 2.43. The van der Waals surface area contributed by atoms with Gasteiger partial charge in [0.05, 0.1) is 6.54 Å². The van der Waals surface area contributed by atoms with Gasteiger partial charge in [0.25, 0.3) is 0 Å². The van der Waals surface area contributed by atoms with Crippen molar-refractivity contribution < 1.29 is 9.32 Å². The van der Waals surface area contributed by atoms with Crippen LogP contribution < -0.4 is 0 Å². The molecule has 0 atom stereocenters. The van der Waals surface area contributed by atoms with Gasteiger partial charge in [-0.25, -0.2) is 0 Å². The van der Waals surface area contributed by atoms with Gasteiger partial charge in [0, 0.05) is 39.0 Å². The van der Waals surface area contributed by atoms with Gasteiger partial charge >= 0.3 is 0 Å². The van der Waals surface area contributed by atoms with E-state index in [9.17, 15) is 4.79 Å². The molecular formula is C16H26N4O2. The van der Waals surface area contributed by atoms with Crippen molar-refractivity contribution in [2.45, 2.75) is 52.0 Å². The van der Waals surface area contributed by atoms with E-state index in [-0.39, 0.29) is 0 Å². The maximum Gasteiger partial charge on any atom is 0.240 e. The van der Waals surface area contributed by atoms with Crippen LogP contribution in [-0.2, 0) is 17.8 Å².